The van der Waals surface area contributed by atoms with Crippen molar-refractivity contribution in [3.8, 4) is 0 Å². The van der Waals surface area contributed by atoms with Crippen molar-refractivity contribution in [1.82, 2.24) is 10.2 Å². The second-order valence-electron chi connectivity index (χ2n) is 3.55. The maximum absolute atomic E-state index is 11.6. The largest absolute Gasteiger partial charge is 0.463 e. The molecule has 0 unspecified atom stereocenters. The number of nitrogens with zero attached hydrogens (tertiary/aromatic N) is 1. The summed E-state index contributed by atoms with van der Waals surface area (Å²) in [6, 6.07) is 0. The predicted octanol–water partition coefficient (Wildman–Crippen LogP) is -0.0133. The molecule has 1 amide bonds. The average molecular weight is 210 g/mol. The van der Waals surface area contributed by atoms with Gasteiger partial charge in [0, 0.05) is 6.54 Å². The molecule has 0 aromatic rings. The molecule has 15 heavy (non-hydrogen) atoms. The van der Waals surface area contributed by atoms with Crippen LogP contribution < -0.4 is 5.32 Å². The Hall–Kier alpha value is -1.52. The minimum atomic E-state index is -0.306. The van der Waals surface area contributed by atoms with Gasteiger partial charge in [0.15, 0.2) is 0 Å². The number of hydrogen-bond acceptors (Lipinski definition) is 4. The zero-order valence-corrected chi connectivity index (χ0v) is 8.71. The third kappa shape index (κ3) is 1.69. The molecule has 1 N–H and O–H groups in total. The fraction of sp³-hybridized carbons (Fsp3) is 0.600. The molecule has 1 fully saturated rings. The summed E-state index contributed by atoms with van der Waals surface area (Å²) < 4.78 is 4.95. The summed E-state index contributed by atoms with van der Waals surface area (Å²) >= 11 is 0. The van der Waals surface area contributed by atoms with Gasteiger partial charge in [-0.2, -0.15) is 0 Å². The Morgan fingerprint density at radius 1 is 1.60 bits per heavy atom. The van der Waals surface area contributed by atoms with Gasteiger partial charge in [-0.3, -0.25) is 9.69 Å². The molecule has 2 rings (SSSR count). The Morgan fingerprint density at radius 2 is 2.40 bits per heavy atom. The predicted molar refractivity (Wildman–Crippen MR) is 52.6 cm³/mol. The molecule has 0 bridgehead atoms. The molecule has 0 aromatic carbocycles. The molecule has 5 heteroatoms. The highest BCUT2D eigenvalue weighted by atomic mass is 16.5. The van der Waals surface area contributed by atoms with E-state index in [4.69, 9.17) is 4.74 Å². The van der Waals surface area contributed by atoms with E-state index in [2.05, 4.69) is 5.32 Å². The third-order valence-electron chi connectivity index (χ3n) is 2.59. The normalized spacial score (nSPS) is 20.1. The summed E-state index contributed by atoms with van der Waals surface area (Å²) in [4.78, 5) is 24.6. The smallest absolute Gasteiger partial charge is 0.337 e. The second kappa shape index (κ2) is 3.92. The highest BCUT2D eigenvalue weighted by Gasteiger charge is 2.33. The second-order valence-corrected chi connectivity index (χ2v) is 3.55. The van der Waals surface area contributed by atoms with E-state index in [0.717, 1.165) is 6.42 Å². The highest BCUT2D eigenvalue weighted by molar-refractivity contribution is 5.92. The summed E-state index contributed by atoms with van der Waals surface area (Å²) in [5, 5.41) is 2.95. The van der Waals surface area contributed by atoms with Crippen LogP contribution in [0.4, 0.5) is 0 Å². The van der Waals surface area contributed by atoms with Gasteiger partial charge in [-0.1, -0.05) is 0 Å². The Bertz CT molecular complexity index is 336. The number of fused-ring (bicyclic) bond motifs is 1. The van der Waals surface area contributed by atoms with E-state index in [0.29, 0.717) is 31.0 Å². The highest BCUT2D eigenvalue weighted by Crippen LogP contribution is 2.24. The molecule has 1 saturated heterocycles. The molecule has 2 aliphatic rings. The van der Waals surface area contributed by atoms with E-state index in [1.54, 1.807) is 11.8 Å². The number of amides is 1. The molecule has 0 aliphatic carbocycles. The first-order chi connectivity index (χ1) is 7.24. The van der Waals surface area contributed by atoms with Crippen LogP contribution in [-0.2, 0) is 14.3 Å². The van der Waals surface area contributed by atoms with Crippen molar-refractivity contribution in [2.45, 2.75) is 19.8 Å². The third-order valence-corrected chi connectivity index (χ3v) is 2.59. The van der Waals surface area contributed by atoms with Crippen LogP contribution in [0, 0.1) is 0 Å². The van der Waals surface area contributed by atoms with Gasteiger partial charge >= 0.3 is 5.97 Å². The van der Waals surface area contributed by atoms with E-state index in [-0.39, 0.29) is 18.4 Å². The van der Waals surface area contributed by atoms with Crippen LogP contribution >= 0.6 is 0 Å². The number of ether oxygens (including phenoxy) is 1. The van der Waals surface area contributed by atoms with Crippen molar-refractivity contribution >= 4 is 11.9 Å². The lowest BCUT2D eigenvalue weighted by Crippen LogP contribution is -2.32. The SMILES string of the molecule is CCOC(=O)C1=C2NCC(=O)N2CCC1. The quantitative estimate of drug-likeness (QED) is 0.651. The topological polar surface area (TPSA) is 58.6 Å². The van der Waals surface area contributed by atoms with Gasteiger partial charge in [-0.25, -0.2) is 4.79 Å². The number of nitrogens with one attached hydrogen (secondary N) is 1. The summed E-state index contributed by atoms with van der Waals surface area (Å²) in [5.41, 5.74) is 0.606. The zero-order chi connectivity index (χ0) is 10.8. The van der Waals surface area contributed by atoms with Crippen molar-refractivity contribution in [2.75, 3.05) is 19.7 Å². The summed E-state index contributed by atoms with van der Waals surface area (Å²) in [5.74, 6) is 0.385. The molecule has 0 radical (unpaired) electrons. The first-order valence-electron chi connectivity index (χ1n) is 5.18. The van der Waals surface area contributed by atoms with Crippen LogP contribution in [-0.4, -0.2) is 36.5 Å². The van der Waals surface area contributed by atoms with E-state index < -0.39 is 0 Å². The summed E-state index contributed by atoms with van der Waals surface area (Å²) in [6.45, 7) is 3.13. The van der Waals surface area contributed by atoms with Crippen molar-refractivity contribution < 1.29 is 14.3 Å². The monoisotopic (exact) mass is 210 g/mol. The maximum Gasteiger partial charge on any atom is 0.337 e. The van der Waals surface area contributed by atoms with E-state index in [9.17, 15) is 9.59 Å². The van der Waals surface area contributed by atoms with Crippen molar-refractivity contribution in [3.05, 3.63) is 11.4 Å². The lowest BCUT2D eigenvalue weighted by molar-refractivity contribution is -0.139. The lowest BCUT2D eigenvalue weighted by atomic mass is 10.1. The maximum atomic E-state index is 11.6. The molecule has 82 valence electrons. The fourth-order valence-electron chi connectivity index (χ4n) is 1.93. The number of hydrogen-bond donors (Lipinski definition) is 1. The van der Waals surface area contributed by atoms with Gasteiger partial charge < -0.3 is 10.1 Å². The first-order valence-corrected chi connectivity index (χ1v) is 5.18. The van der Waals surface area contributed by atoms with Crippen molar-refractivity contribution in [1.29, 1.82) is 0 Å². The minimum Gasteiger partial charge on any atom is -0.463 e. The lowest BCUT2D eigenvalue weighted by Gasteiger charge is -2.24. The zero-order valence-electron chi connectivity index (χ0n) is 8.71. The van der Waals surface area contributed by atoms with Crippen LogP contribution in [0.1, 0.15) is 19.8 Å². The standard InChI is InChI=1S/C10H14N2O3/c1-2-15-10(14)7-4-3-5-12-8(13)6-11-9(7)12/h11H,2-6H2,1H3. The summed E-state index contributed by atoms with van der Waals surface area (Å²) in [6.07, 6.45) is 1.51. The molecular formula is C10H14N2O3. The molecule has 0 saturated carbocycles. The van der Waals surface area contributed by atoms with Gasteiger partial charge in [0.25, 0.3) is 0 Å². The van der Waals surface area contributed by atoms with Crippen LogP contribution in [0.5, 0.6) is 0 Å². The van der Waals surface area contributed by atoms with Gasteiger partial charge in [0.05, 0.1) is 18.7 Å². The Balaban J connectivity index is 2.25. The van der Waals surface area contributed by atoms with Gasteiger partial charge in [-0.05, 0) is 19.8 Å². The fourth-order valence-corrected chi connectivity index (χ4v) is 1.93. The van der Waals surface area contributed by atoms with Crippen molar-refractivity contribution in [2.24, 2.45) is 0 Å². The van der Waals surface area contributed by atoms with E-state index in [1.165, 1.54) is 0 Å². The van der Waals surface area contributed by atoms with Crippen LogP contribution in [0.15, 0.2) is 11.4 Å². The minimum absolute atomic E-state index is 0.0338. The Morgan fingerprint density at radius 3 is 3.13 bits per heavy atom. The molecule has 0 spiro atoms. The number of esters is 1. The Kier molecular flexibility index (Phi) is 2.62. The molecule has 0 atom stereocenters. The number of rotatable bonds is 2. The first kappa shape index (κ1) is 10.0. The van der Waals surface area contributed by atoms with Crippen molar-refractivity contribution in [3.63, 3.8) is 0 Å². The molecule has 2 aliphatic heterocycles. The number of carbonyl (C=O) groups is 2. The molecule has 0 aromatic heterocycles. The average Bonchev–Trinajstić information content (AvgIpc) is 2.61. The molecule has 5 nitrogen and oxygen atoms in total. The van der Waals surface area contributed by atoms with Crippen LogP contribution in [0.3, 0.4) is 0 Å². The summed E-state index contributed by atoms with van der Waals surface area (Å²) in [7, 11) is 0. The van der Waals surface area contributed by atoms with Crippen LogP contribution in [0.25, 0.3) is 0 Å². The molecular weight excluding hydrogens is 196 g/mol. The number of carbonyl (C=O) groups excluding carboxylic acids is 2. The Labute approximate surface area is 88.1 Å². The van der Waals surface area contributed by atoms with E-state index >= 15 is 0 Å². The molecule has 2 heterocycles. The van der Waals surface area contributed by atoms with E-state index in [1.807, 2.05) is 0 Å². The van der Waals surface area contributed by atoms with Gasteiger partial charge in [-0.15, -0.1) is 0 Å². The van der Waals surface area contributed by atoms with Crippen LogP contribution in [0.2, 0.25) is 0 Å². The van der Waals surface area contributed by atoms with Gasteiger partial charge in [0.2, 0.25) is 5.91 Å². The van der Waals surface area contributed by atoms with Gasteiger partial charge in [0.1, 0.15) is 5.82 Å².